The average Bonchev–Trinajstić information content (AvgIpc) is 2.51. The second kappa shape index (κ2) is 5.63. The Hall–Kier alpha value is -1.19. The summed E-state index contributed by atoms with van der Waals surface area (Å²) >= 11 is 0. The summed E-state index contributed by atoms with van der Waals surface area (Å²) in [7, 11) is 4.15. The van der Waals surface area contributed by atoms with Gasteiger partial charge in [0, 0.05) is 12.1 Å². The molecule has 1 saturated heterocycles. The zero-order valence-electron chi connectivity index (χ0n) is 11.5. The Bertz CT molecular complexity index is 430. The molecule has 0 aromatic heterocycles. The molecule has 1 aromatic carbocycles. The van der Waals surface area contributed by atoms with E-state index in [1.54, 1.807) is 0 Å². The van der Waals surface area contributed by atoms with Gasteiger partial charge in [-0.05, 0) is 46.1 Å². The molecule has 3 nitrogen and oxygen atoms in total. The number of rotatable bonds is 2. The van der Waals surface area contributed by atoms with Crippen LogP contribution in [0.2, 0.25) is 0 Å². The fourth-order valence-corrected chi connectivity index (χ4v) is 2.58. The van der Waals surface area contributed by atoms with Crippen molar-refractivity contribution in [2.45, 2.75) is 19.4 Å². The second-order valence-electron chi connectivity index (χ2n) is 5.29. The summed E-state index contributed by atoms with van der Waals surface area (Å²) in [4.78, 5) is 17.1. The Morgan fingerprint density at radius 1 is 1.22 bits per heavy atom. The molecule has 2 rings (SSSR count). The summed E-state index contributed by atoms with van der Waals surface area (Å²) in [5.41, 5.74) is 1.94. The van der Waals surface area contributed by atoms with Gasteiger partial charge in [0.25, 0.3) is 0 Å². The van der Waals surface area contributed by atoms with Gasteiger partial charge in [-0.2, -0.15) is 0 Å². The highest BCUT2D eigenvalue weighted by Gasteiger charge is 2.28. The van der Waals surface area contributed by atoms with Gasteiger partial charge in [-0.15, -0.1) is 0 Å². The Morgan fingerprint density at radius 3 is 2.67 bits per heavy atom. The fraction of sp³-hybridized carbons (Fsp3) is 0.533. The van der Waals surface area contributed by atoms with Crippen molar-refractivity contribution < 1.29 is 4.79 Å². The van der Waals surface area contributed by atoms with Gasteiger partial charge in [-0.25, -0.2) is 0 Å². The third-order valence-corrected chi connectivity index (χ3v) is 3.78. The number of likely N-dealkylation sites (N-methyl/N-ethyl adjacent to an activating group) is 2. The smallest absolute Gasteiger partial charge is 0.181 e. The lowest BCUT2D eigenvalue weighted by molar-refractivity contribution is 0.0839. The Balaban J connectivity index is 2.23. The molecule has 98 valence electrons. The van der Waals surface area contributed by atoms with E-state index in [1.165, 1.54) is 0 Å². The molecule has 1 aliphatic rings. The van der Waals surface area contributed by atoms with E-state index < -0.39 is 0 Å². The summed E-state index contributed by atoms with van der Waals surface area (Å²) in [6.45, 7) is 4.89. The molecule has 0 N–H and O–H groups in total. The summed E-state index contributed by atoms with van der Waals surface area (Å²) < 4.78 is 0. The normalized spacial score (nSPS) is 22.7. The molecule has 1 atom stereocenters. The van der Waals surface area contributed by atoms with Crippen LogP contribution >= 0.6 is 0 Å². The van der Waals surface area contributed by atoms with Crippen molar-refractivity contribution in [3.63, 3.8) is 0 Å². The maximum atomic E-state index is 12.7. The predicted molar refractivity (Wildman–Crippen MR) is 74.0 cm³/mol. The molecule has 1 heterocycles. The van der Waals surface area contributed by atoms with Crippen LogP contribution in [0, 0.1) is 6.92 Å². The summed E-state index contributed by atoms with van der Waals surface area (Å²) in [5.74, 6) is 0.254. The molecule has 3 heteroatoms. The molecule has 18 heavy (non-hydrogen) atoms. The van der Waals surface area contributed by atoms with E-state index in [9.17, 15) is 4.79 Å². The van der Waals surface area contributed by atoms with Crippen LogP contribution in [0.4, 0.5) is 0 Å². The summed E-state index contributed by atoms with van der Waals surface area (Å²) in [5, 5.41) is 0. The lowest BCUT2D eigenvalue weighted by atomic mass is 9.98. The number of carbonyl (C=O) groups excluding carboxylic acids is 1. The number of carbonyl (C=O) groups is 1. The molecular weight excluding hydrogens is 224 g/mol. The van der Waals surface area contributed by atoms with Crippen LogP contribution in [0.25, 0.3) is 0 Å². The second-order valence-corrected chi connectivity index (χ2v) is 5.29. The molecule has 0 amide bonds. The SMILES string of the molecule is Cc1ccccc1C(=O)C1CN(C)CCCN1C. The first-order chi connectivity index (χ1) is 8.59. The average molecular weight is 246 g/mol. The minimum Gasteiger partial charge on any atom is -0.304 e. The molecule has 0 bridgehead atoms. The molecule has 0 saturated carbocycles. The first-order valence-corrected chi connectivity index (χ1v) is 6.58. The number of hydrogen-bond donors (Lipinski definition) is 0. The number of hydrogen-bond acceptors (Lipinski definition) is 3. The number of benzene rings is 1. The van der Waals surface area contributed by atoms with E-state index in [4.69, 9.17) is 0 Å². The van der Waals surface area contributed by atoms with Crippen LogP contribution in [0.15, 0.2) is 24.3 Å². The third kappa shape index (κ3) is 2.79. The Morgan fingerprint density at radius 2 is 1.94 bits per heavy atom. The van der Waals surface area contributed by atoms with Gasteiger partial charge < -0.3 is 4.90 Å². The van der Waals surface area contributed by atoms with Crippen molar-refractivity contribution in [2.75, 3.05) is 33.7 Å². The van der Waals surface area contributed by atoms with Gasteiger partial charge in [-0.1, -0.05) is 24.3 Å². The highest BCUT2D eigenvalue weighted by atomic mass is 16.1. The van der Waals surface area contributed by atoms with Crippen molar-refractivity contribution in [1.29, 1.82) is 0 Å². The zero-order valence-corrected chi connectivity index (χ0v) is 11.5. The largest absolute Gasteiger partial charge is 0.304 e. The van der Waals surface area contributed by atoms with E-state index in [-0.39, 0.29) is 11.8 Å². The maximum Gasteiger partial charge on any atom is 0.181 e. The topological polar surface area (TPSA) is 23.6 Å². The molecule has 0 radical (unpaired) electrons. The first-order valence-electron chi connectivity index (χ1n) is 6.58. The van der Waals surface area contributed by atoms with Crippen LogP contribution in [-0.4, -0.2) is 55.4 Å². The van der Waals surface area contributed by atoms with Crippen molar-refractivity contribution in [2.24, 2.45) is 0 Å². The van der Waals surface area contributed by atoms with E-state index >= 15 is 0 Å². The minimum atomic E-state index is -0.0152. The van der Waals surface area contributed by atoms with E-state index in [1.807, 2.05) is 31.2 Å². The molecule has 1 aromatic rings. The van der Waals surface area contributed by atoms with Crippen LogP contribution in [0.5, 0.6) is 0 Å². The fourth-order valence-electron chi connectivity index (χ4n) is 2.58. The highest BCUT2D eigenvalue weighted by molar-refractivity contribution is 6.01. The number of ketones is 1. The van der Waals surface area contributed by atoms with E-state index in [2.05, 4.69) is 23.9 Å². The van der Waals surface area contributed by atoms with Crippen LogP contribution in [-0.2, 0) is 0 Å². The third-order valence-electron chi connectivity index (χ3n) is 3.78. The van der Waals surface area contributed by atoms with Gasteiger partial charge in [-0.3, -0.25) is 9.69 Å². The highest BCUT2D eigenvalue weighted by Crippen LogP contribution is 2.15. The lowest BCUT2D eigenvalue weighted by Crippen LogP contribution is -2.43. The minimum absolute atomic E-state index is 0.0152. The van der Waals surface area contributed by atoms with Crippen LogP contribution in [0.3, 0.4) is 0 Å². The van der Waals surface area contributed by atoms with Crippen molar-refractivity contribution in [3.8, 4) is 0 Å². The van der Waals surface area contributed by atoms with Gasteiger partial charge in [0.05, 0.1) is 6.04 Å². The molecule has 1 unspecified atom stereocenters. The standard InChI is InChI=1S/C15H22N2O/c1-12-7-4-5-8-13(12)15(18)14-11-16(2)9-6-10-17(14)3/h4-5,7-8,14H,6,9-11H2,1-3H3. The van der Waals surface area contributed by atoms with Gasteiger partial charge >= 0.3 is 0 Å². The van der Waals surface area contributed by atoms with E-state index in [0.717, 1.165) is 37.2 Å². The summed E-state index contributed by atoms with van der Waals surface area (Å²) in [6.07, 6.45) is 1.13. The number of Topliss-reactive ketones (excluding diaryl/α,β-unsaturated/α-hetero) is 1. The van der Waals surface area contributed by atoms with Crippen molar-refractivity contribution >= 4 is 5.78 Å². The molecule has 1 aliphatic heterocycles. The first kappa shape index (κ1) is 13.2. The van der Waals surface area contributed by atoms with Gasteiger partial charge in [0.2, 0.25) is 0 Å². The Labute approximate surface area is 109 Å². The maximum absolute atomic E-state index is 12.7. The molecular formula is C15H22N2O. The van der Waals surface area contributed by atoms with Crippen molar-refractivity contribution in [1.82, 2.24) is 9.80 Å². The molecule has 0 aliphatic carbocycles. The van der Waals surface area contributed by atoms with E-state index in [0.29, 0.717) is 0 Å². The van der Waals surface area contributed by atoms with Crippen LogP contribution < -0.4 is 0 Å². The lowest BCUT2D eigenvalue weighted by Gasteiger charge is -2.26. The molecule has 1 fully saturated rings. The van der Waals surface area contributed by atoms with Crippen LogP contribution in [0.1, 0.15) is 22.3 Å². The molecule has 0 spiro atoms. The number of aryl methyl sites for hydroxylation is 1. The monoisotopic (exact) mass is 246 g/mol. The zero-order chi connectivity index (χ0) is 13.1. The van der Waals surface area contributed by atoms with Crippen molar-refractivity contribution in [3.05, 3.63) is 35.4 Å². The quantitative estimate of drug-likeness (QED) is 0.744. The van der Waals surface area contributed by atoms with Gasteiger partial charge in [0.1, 0.15) is 0 Å². The predicted octanol–water partition coefficient (Wildman–Crippen LogP) is 1.81. The number of nitrogens with zero attached hydrogens (tertiary/aromatic N) is 2. The Kier molecular flexibility index (Phi) is 4.15. The van der Waals surface area contributed by atoms with Gasteiger partial charge in [0.15, 0.2) is 5.78 Å². The summed E-state index contributed by atoms with van der Waals surface area (Å²) in [6, 6.07) is 7.86.